The van der Waals surface area contributed by atoms with Gasteiger partial charge in [-0.2, -0.15) is 5.26 Å². The van der Waals surface area contributed by atoms with Crippen LogP contribution in [0.15, 0.2) is 58.6 Å². The molecule has 3 aromatic rings. The summed E-state index contributed by atoms with van der Waals surface area (Å²) in [5.41, 5.74) is 2.55. The van der Waals surface area contributed by atoms with Gasteiger partial charge < -0.3 is 10.1 Å². The molecule has 0 aromatic heterocycles. The molecule has 0 atom stereocenters. The molecule has 0 spiro atoms. The Bertz CT molecular complexity index is 1280. The summed E-state index contributed by atoms with van der Waals surface area (Å²) < 4.78 is 6.37. The Hall–Kier alpha value is -2.20. The molecule has 0 aliphatic heterocycles. The lowest BCUT2D eigenvalue weighted by atomic mass is 10.1. The second-order valence-electron chi connectivity index (χ2n) is 6.93. The number of nitrogens with one attached hydrogen (secondary N) is 1. The van der Waals surface area contributed by atoms with Gasteiger partial charge in [0.15, 0.2) is 5.75 Å². The van der Waals surface area contributed by atoms with Crippen molar-refractivity contribution in [2.75, 3.05) is 5.32 Å². The number of ether oxygens (including phenoxy) is 1. The van der Waals surface area contributed by atoms with E-state index in [0.717, 1.165) is 11.1 Å². The van der Waals surface area contributed by atoms with Crippen LogP contribution in [0.2, 0.25) is 20.1 Å². The molecular weight excluding hydrogens is 570 g/mol. The minimum atomic E-state index is -0.567. The van der Waals surface area contributed by atoms with Gasteiger partial charge in [-0.05, 0) is 76.5 Å². The van der Waals surface area contributed by atoms with Crippen molar-refractivity contribution >= 4 is 80.0 Å². The molecule has 0 saturated heterocycles. The number of nitrogens with zero attached hydrogens (tertiary/aromatic N) is 1. The lowest BCUT2D eigenvalue weighted by Gasteiger charge is -2.12. The minimum absolute atomic E-state index is 0.101. The van der Waals surface area contributed by atoms with Crippen LogP contribution in [-0.2, 0) is 11.4 Å². The number of carbonyl (C=O) groups excluding carboxylic acids is 1. The maximum atomic E-state index is 12.6. The van der Waals surface area contributed by atoms with Crippen LogP contribution in [-0.4, -0.2) is 5.91 Å². The molecule has 0 saturated carbocycles. The summed E-state index contributed by atoms with van der Waals surface area (Å²) >= 11 is 28.0. The molecule has 1 N–H and O–H groups in total. The first kappa shape index (κ1) is 25.4. The van der Waals surface area contributed by atoms with Gasteiger partial charge >= 0.3 is 0 Å². The molecule has 4 nitrogen and oxygen atoms in total. The van der Waals surface area contributed by atoms with Crippen LogP contribution in [0.1, 0.15) is 16.7 Å². The molecule has 3 rings (SSSR count). The average molecular weight is 585 g/mol. The monoisotopic (exact) mass is 582 g/mol. The van der Waals surface area contributed by atoms with E-state index in [9.17, 15) is 10.1 Å². The highest BCUT2D eigenvalue weighted by atomic mass is 79.9. The lowest BCUT2D eigenvalue weighted by Crippen LogP contribution is -2.13. The number of carbonyl (C=O) groups is 1. The van der Waals surface area contributed by atoms with Crippen molar-refractivity contribution in [3.63, 3.8) is 0 Å². The molecule has 0 aliphatic rings. The zero-order valence-corrected chi connectivity index (χ0v) is 21.7. The number of aryl methyl sites for hydroxylation is 1. The average Bonchev–Trinajstić information content (AvgIpc) is 2.75. The first-order valence-corrected chi connectivity index (χ1v) is 11.7. The van der Waals surface area contributed by atoms with Crippen molar-refractivity contribution in [2.24, 2.45) is 0 Å². The van der Waals surface area contributed by atoms with Crippen LogP contribution in [0.5, 0.6) is 5.75 Å². The predicted octanol–water partition coefficient (Wildman–Crippen LogP) is 8.50. The van der Waals surface area contributed by atoms with E-state index in [0.29, 0.717) is 41.6 Å². The fourth-order valence-electron chi connectivity index (χ4n) is 2.77. The fourth-order valence-corrected chi connectivity index (χ4v) is 4.41. The smallest absolute Gasteiger partial charge is 0.266 e. The molecular formula is C24H15BrCl4N2O2. The maximum Gasteiger partial charge on any atom is 0.266 e. The van der Waals surface area contributed by atoms with E-state index in [1.54, 1.807) is 48.5 Å². The molecule has 0 radical (unpaired) electrons. The quantitative estimate of drug-likeness (QED) is 0.233. The van der Waals surface area contributed by atoms with Gasteiger partial charge in [0.25, 0.3) is 5.91 Å². The third kappa shape index (κ3) is 6.66. The standard InChI is InChI=1S/C24H15BrCl4N2O2/c1-13-2-5-18(10-20(13)27)31-24(32)16(11-30)6-14-7-19(25)23(22(29)8-14)33-12-15-3-4-17(26)9-21(15)28/h2-10H,12H2,1H3,(H,31,32)/b16-6-. The summed E-state index contributed by atoms with van der Waals surface area (Å²) in [6.07, 6.45) is 1.43. The number of halogens is 5. The van der Waals surface area contributed by atoms with Gasteiger partial charge in [-0.15, -0.1) is 0 Å². The van der Waals surface area contributed by atoms with Crippen LogP contribution in [0.4, 0.5) is 5.69 Å². The van der Waals surface area contributed by atoms with E-state index in [4.69, 9.17) is 51.1 Å². The summed E-state index contributed by atoms with van der Waals surface area (Å²) in [4.78, 5) is 12.6. The molecule has 1 amide bonds. The Balaban J connectivity index is 1.78. The number of anilines is 1. The maximum absolute atomic E-state index is 12.6. The number of rotatable bonds is 6. The number of amides is 1. The van der Waals surface area contributed by atoms with E-state index >= 15 is 0 Å². The molecule has 0 fully saturated rings. The Morgan fingerprint density at radius 1 is 1.06 bits per heavy atom. The first-order valence-electron chi connectivity index (χ1n) is 9.43. The Morgan fingerprint density at radius 2 is 1.82 bits per heavy atom. The third-order valence-electron chi connectivity index (χ3n) is 4.51. The number of nitriles is 1. The second kappa shape index (κ2) is 11.3. The summed E-state index contributed by atoms with van der Waals surface area (Å²) in [6.45, 7) is 2.03. The Kier molecular flexibility index (Phi) is 8.69. The van der Waals surface area contributed by atoms with Gasteiger partial charge in [0.05, 0.1) is 9.50 Å². The van der Waals surface area contributed by atoms with Crippen LogP contribution >= 0.6 is 62.3 Å². The summed E-state index contributed by atoms with van der Waals surface area (Å²) in [7, 11) is 0. The van der Waals surface area contributed by atoms with Crippen LogP contribution < -0.4 is 10.1 Å². The lowest BCUT2D eigenvalue weighted by molar-refractivity contribution is -0.112. The zero-order chi connectivity index (χ0) is 24.1. The Labute approximate surface area is 219 Å². The number of hydrogen-bond donors (Lipinski definition) is 1. The molecule has 9 heteroatoms. The van der Waals surface area contributed by atoms with Crippen LogP contribution in [0, 0.1) is 18.3 Å². The largest absolute Gasteiger partial charge is 0.486 e. The normalized spacial score (nSPS) is 11.1. The Morgan fingerprint density at radius 3 is 2.45 bits per heavy atom. The summed E-state index contributed by atoms with van der Waals surface area (Å²) in [5, 5.41) is 14.0. The van der Waals surface area contributed by atoms with E-state index in [1.165, 1.54) is 6.08 Å². The van der Waals surface area contributed by atoms with Gasteiger partial charge in [-0.25, -0.2) is 0 Å². The molecule has 0 bridgehead atoms. The van der Waals surface area contributed by atoms with E-state index < -0.39 is 5.91 Å². The number of hydrogen-bond acceptors (Lipinski definition) is 3. The highest BCUT2D eigenvalue weighted by Gasteiger charge is 2.14. The minimum Gasteiger partial charge on any atom is -0.486 e. The predicted molar refractivity (Wildman–Crippen MR) is 138 cm³/mol. The van der Waals surface area contributed by atoms with Crippen molar-refractivity contribution in [1.29, 1.82) is 5.26 Å². The summed E-state index contributed by atoms with van der Waals surface area (Å²) in [6, 6.07) is 15.4. The fraction of sp³-hybridized carbons (Fsp3) is 0.0833. The van der Waals surface area contributed by atoms with Crippen LogP contribution in [0.3, 0.4) is 0 Å². The molecule has 3 aromatic carbocycles. The second-order valence-corrected chi connectivity index (χ2v) is 9.44. The molecule has 33 heavy (non-hydrogen) atoms. The van der Waals surface area contributed by atoms with Crippen LogP contribution in [0.25, 0.3) is 6.08 Å². The van der Waals surface area contributed by atoms with Gasteiger partial charge in [0, 0.05) is 26.3 Å². The summed E-state index contributed by atoms with van der Waals surface area (Å²) in [5.74, 6) is -0.167. The van der Waals surface area contributed by atoms with E-state index in [-0.39, 0.29) is 12.2 Å². The SMILES string of the molecule is Cc1ccc(NC(=O)/C(C#N)=C\c2cc(Cl)c(OCc3ccc(Cl)cc3Cl)c(Br)c2)cc1Cl. The van der Waals surface area contributed by atoms with Crippen molar-refractivity contribution in [2.45, 2.75) is 13.5 Å². The van der Waals surface area contributed by atoms with Crippen molar-refractivity contribution in [3.05, 3.63) is 95.4 Å². The van der Waals surface area contributed by atoms with Crippen molar-refractivity contribution in [3.8, 4) is 11.8 Å². The molecule has 0 heterocycles. The van der Waals surface area contributed by atoms with Gasteiger partial charge in [0.2, 0.25) is 0 Å². The number of benzene rings is 3. The third-order valence-corrected chi connectivity index (χ3v) is 6.38. The molecule has 0 aliphatic carbocycles. The highest BCUT2D eigenvalue weighted by molar-refractivity contribution is 9.10. The van der Waals surface area contributed by atoms with E-state index in [1.807, 2.05) is 13.0 Å². The highest BCUT2D eigenvalue weighted by Crippen LogP contribution is 2.36. The van der Waals surface area contributed by atoms with Gasteiger partial charge in [0.1, 0.15) is 18.2 Å². The molecule has 0 unspecified atom stereocenters. The van der Waals surface area contributed by atoms with Gasteiger partial charge in [-0.1, -0.05) is 58.5 Å². The first-order chi connectivity index (χ1) is 15.7. The van der Waals surface area contributed by atoms with Gasteiger partial charge in [-0.3, -0.25) is 4.79 Å². The van der Waals surface area contributed by atoms with Crippen molar-refractivity contribution in [1.82, 2.24) is 0 Å². The van der Waals surface area contributed by atoms with Crippen molar-refractivity contribution < 1.29 is 9.53 Å². The zero-order valence-electron chi connectivity index (χ0n) is 17.1. The van der Waals surface area contributed by atoms with E-state index in [2.05, 4.69) is 21.2 Å². The molecule has 168 valence electrons. The topological polar surface area (TPSA) is 62.1 Å².